The third-order valence-corrected chi connectivity index (χ3v) is 5.65. The largest absolute Gasteiger partial charge is 0.497 e. The number of hydrogen-bond acceptors (Lipinski definition) is 8. The molecular weight excluding hydrogens is 410 g/mol. The number of piperazine rings is 1. The maximum absolute atomic E-state index is 11.2. The van der Waals surface area contributed by atoms with Gasteiger partial charge in [0.2, 0.25) is 0 Å². The third-order valence-electron chi connectivity index (χ3n) is 5.65. The van der Waals surface area contributed by atoms with Gasteiger partial charge in [0.15, 0.2) is 5.76 Å². The van der Waals surface area contributed by atoms with Crippen LogP contribution in [0.1, 0.15) is 5.76 Å². The predicted molar refractivity (Wildman–Crippen MR) is 122 cm³/mol. The minimum absolute atomic E-state index is 0.0223. The van der Waals surface area contributed by atoms with Crippen LogP contribution in [0.4, 0.5) is 11.4 Å². The normalized spacial score (nSPS) is 14.5. The molecule has 2 heterocycles. The van der Waals surface area contributed by atoms with E-state index < -0.39 is 4.92 Å². The summed E-state index contributed by atoms with van der Waals surface area (Å²) in [6.45, 7) is 6.31. The second-order valence-electron chi connectivity index (χ2n) is 7.66. The van der Waals surface area contributed by atoms with E-state index in [2.05, 4.69) is 32.4 Å². The predicted octanol–water partition coefficient (Wildman–Crippen LogP) is 3.17. The van der Waals surface area contributed by atoms with Crippen molar-refractivity contribution in [2.24, 2.45) is 0 Å². The fourth-order valence-electron chi connectivity index (χ4n) is 3.84. The van der Waals surface area contributed by atoms with E-state index in [0.717, 1.165) is 45.0 Å². The molecule has 1 aliphatic rings. The standard InChI is InChI=1S/C23H27N5O4/c1-31-19-8-6-18(7-9-19)27-14-12-26(13-15-27)11-10-24-17-20-16-22(25-32-20)21-4-2-3-5-23(21)28(29)30/h2-9,16,24H,10-15,17H2,1H3. The van der Waals surface area contributed by atoms with Crippen LogP contribution in [0.2, 0.25) is 0 Å². The fraction of sp³-hybridized carbons (Fsp3) is 0.348. The number of nitro groups is 1. The van der Waals surface area contributed by atoms with E-state index in [1.807, 2.05) is 12.1 Å². The summed E-state index contributed by atoms with van der Waals surface area (Å²) in [6, 6.07) is 16.5. The zero-order valence-corrected chi connectivity index (χ0v) is 18.1. The van der Waals surface area contributed by atoms with Crippen molar-refractivity contribution in [2.45, 2.75) is 6.54 Å². The number of methoxy groups -OCH3 is 1. The lowest BCUT2D eigenvalue weighted by molar-refractivity contribution is -0.384. The lowest BCUT2D eigenvalue weighted by atomic mass is 10.1. The van der Waals surface area contributed by atoms with Gasteiger partial charge in [0.05, 0.1) is 24.1 Å². The Morgan fingerprint density at radius 2 is 1.88 bits per heavy atom. The molecule has 2 aromatic carbocycles. The molecular formula is C23H27N5O4. The average Bonchev–Trinajstić information content (AvgIpc) is 3.31. The van der Waals surface area contributed by atoms with Crippen molar-refractivity contribution in [3.8, 4) is 17.0 Å². The van der Waals surface area contributed by atoms with Crippen molar-refractivity contribution in [3.63, 3.8) is 0 Å². The van der Waals surface area contributed by atoms with E-state index in [1.165, 1.54) is 11.8 Å². The molecule has 32 heavy (non-hydrogen) atoms. The Kier molecular flexibility index (Phi) is 6.98. The number of nitrogens with one attached hydrogen (secondary N) is 1. The number of benzene rings is 2. The minimum atomic E-state index is -0.406. The molecule has 4 rings (SSSR count). The Balaban J connectivity index is 1.20. The number of ether oxygens (including phenoxy) is 1. The first-order chi connectivity index (χ1) is 15.6. The van der Waals surface area contributed by atoms with Crippen LogP contribution in [0.3, 0.4) is 0 Å². The van der Waals surface area contributed by atoms with Gasteiger partial charge in [-0.25, -0.2) is 0 Å². The van der Waals surface area contributed by atoms with E-state index in [-0.39, 0.29) is 5.69 Å². The zero-order chi connectivity index (χ0) is 22.3. The summed E-state index contributed by atoms with van der Waals surface area (Å²) in [4.78, 5) is 15.6. The van der Waals surface area contributed by atoms with Crippen molar-refractivity contribution in [1.82, 2.24) is 15.4 Å². The SMILES string of the molecule is COc1ccc(N2CCN(CCNCc3cc(-c4ccccc4[N+](=O)[O-])no3)CC2)cc1. The summed E-state index contributed by atoms with van der Waals surface area (Å²) < 4.78 is 10.6. The van der Waals surface area contributed by atoms with E-state index >= 15 is 0 Å². The average molecular weight is 438 g/mol. The molecule has 0 unspecified atom stereocenters. The van der Waals surface area contributed by atoms with Gasteiger partial charge in [0, 0.05) is 57.1 Å². The Morgan fingerprint density at radius 3 is 2.59 bits per heavy atom. The highest BCUT2D eigenvalue weighted by Gasteiger charge is 2.19. The lowest BCUT2D eigenvalue weighted by Gasteiger charge is -2.36. The Bertz CT molecular complexity index is 1030. The molecule has 0 bridgehead atoms. The topological polar surface area (TPSA) is 96.9 Å². The van der Waals surface area contributed by atoms with Crippen molar-refractivity contribution < 1.29 is 14.2 Å². The Labute approximate surface area is 186 Å². The first-order valence-corrected chi connectivity index (χ1v) is 10.7. The summed E-state index contributed by atoms with van der Waals surface area (Å²) >= 11 is 0. The first-order valence-electron chi connectivity index (χ1n) is 10.7. The quantitative estimate of drug-likeness (QED) is 0.310. The second kappa shape index (κ2) is 10.3. The van der Waals surface area contributed by atoms with Gasteiger partial charge in [-0.05, 0) is 30.3 Å². The number of para-hydroxylation sites is 1. The molecule has 3 aromatic rings. The van der Waals surface area contributed by atoms with E-state index in [0.29, 0.717) is 23.6 Å². The van der Waals surface area contributed by atoms with Crippen LogP contribution in [0.15, 0.2) is 59.1 Å². The number of anilines is 1. The molecule has 0 saturated carbocycles. The van der Waals surface area contributed by atoms with Crippen LogP contribution in [0.5, 0.6) is 5.75 Å². The van der Waals surface area contributed by atoms with E-state index in [4.69, 9.17) is 9.26 Å². The highest BCUT2D eigenvalue weighted by atomic mass is 16.6. The number of hydrogen-bond donors (Lipinski definition) is 1. The molecule has 168 valence electrons. The summed E-state index contributed by atoms with van der Waals surface area (Å²) in [5, 5.41) is 18.6. The molecule has 1 saturated heterocycles. The highest BCUT2D eigenvalue weighted by Crippen LogP contribution is 2.29. The molecule has 1 aromatic heterocycles. The monoisotopic (exact) mass is 437 g/mol. The van der Waals surface area contributed by atoms with Gasteiger partial charge < -0.3 is 19.5 Å². The zero-order valence-electron chi connectivity index (χ0n) is 18.1. The van der Waals surface area contributed by atoms with Gasteiger partial charge in [-0.2, -0.15) is 0 Å². The lowest BCUT2D eigenvalue weighted by Crippen LogP contribution is -2.48. The smallest absolute Gasteiger partial charge is 0.278 e. The van der Waals surface area contributed by atoms with Crippen molar-refractivity contribution in [2.75, 3.05) is 51.3 Å². The Morgan fingerprint density at radius 1 is 1.12 bits per heavy atom. The van der Waals surface area contributed by atoms with Crippen LogP contribution in [0.25, 0.3) is 11.3 Å². The van der Waals surface area contributed by atoms with Crippen LogP contribution in [-0.2, 0) is 6.54 Å². The molecule has 0 amide bonds. The fourth-order valence-corrected chi connectivity index (χ4v) is 3.84. The molecule has 0 atom stereocenters. The van der Waals surface area contributed by atoms with Gasteiger partial charge in [-0.15, -0.1) is 0 Å². The van der Waals surface area contributed by atoms with Crippen LogP contribution in [-0.4, -0.2) is 61.4 Å². The van der Waals surface area contributed by atoms with E-state index in [9.17, 15) is 10.1 Å². The first kappa shape index (κ1) is 21.8. The highest BCUT2D eigenvalue weighted by molar-refractivity contribution is 5.70. The van der Waals surface area contributed by atoms with Crippen molar-refractivity contribution >= 4 is 11.4 Å². The third kappa shape index (κ3) is 5.24. The second-order valence-corrected chi connectivity index (χ2v) is 7.66. The number of rotatable bonds is 9. The summed E-state index contributed by atoms with van der Waals surface area (Å²) in [7, 11) is 1.68. The number of nitro benzene ring substituents is 1. The van der Waals surface area contributed by atoms with Crippen LogP contribution >= 0.6 is 0 Å². The van der Waals surface area contributed by atoms with E-state index in [1.54, 1.807) is 31.4 Å². The minimum Gasteiger partial charge on any atom is -0.497 e. The molecule has 9 nitrogen and oxygen atoms in total. The number of aromatic nitrogens is 1. The maximum Gasteiger partial charge on any atom is 0.278 e. The van der Waals surface area contributed by atoms with Gasteiger partial charge in [0.25, 0.3) is 5.69 Å². The van der Waals surface area contributed by atoms with Crippen LogP contribution < -0.4 is 15.0 Å². The molecule has 0 radical (unpaired) electrons. The molecule has 0 aliphatic carbocycles. The van der Waals surface area contributed by atoms with Crippen molar-refractivity contribution in [3.05, 3.63) is 70.5 Å². The van der Waals surface area contributed by atoms with Gasteiger partial charge >= 0.3 is 0 Å². The summed E-state index contributed by atoms with van der Waals surface area (Å²) in [6.07, 6.45) is 0. The molecule has 1 N–H and O–H groups in total. The van der Waals surface area contributed by atoms with Crippen molar-refractivity contribution in [1.29, 1.82) is 0 Å². The molecule has 0 spiro atoms. The molecule has 9 heteroatoms. The maximum atomic E-state index is 11.2. The molecule has 1 fully saturated rings. The summed E-state index contributed by atoms with van der Waals surface area (Å²) in [5.74, 6) is 1.53. The van der Waals surface area contributed by atoms with Gasteiger partial charge in [-0.1, -0.05) is 17.3 Å². The molecule has 1 aliphatic heterocycles. The number of nitrogens with zero attached hydrogens (tertiary/aromatic N) is 4. The van der Waals surface area contributed by atoms with Gasteiger partial charge in [-0.3, -0.25) is 15.0 Å². The van der Waals surface area contributed by atoms with Gasteiger partial charge in [0.1, 0.15) is 11.4 Å². The van der Waals surface area contributed by atoms with Crippen LogP contribution in [0, 0.1) is 10.1 Å². The Hall–Kier alpha value is -3.43. The summed E-state index contributed by atoms with van der Waals surface area (Å²) in [5.41, 5.74) is 2.18.